The van der Waals surface area contributed by atoms with Gasteiger partial charge in [-0.2, -0.15) is 0 Å². The van der Waals surface area contributed by atoms with Crippen molar-refractivity contribution < 1.29 is 4.48 Å². The van der Waals surface area contributed by atoms with E-state index < -0.39 is 0 Å². The van der Waals surface area contributed by atoms with Crippen LogP contribution in [0.2, 0.25) is 0 Å². The van der Waals surface area contributed by atoms with Gasteiger partial charge in [0.15, 0.2) is 6.67 Å². The summed E-state index contributed by atoms with van der Waals surface area (Å²) in [6.45, 7) is 6.36. The molecule has 0 aromatic carbocycles. The first-order valence-corrected chi connectivity index (χ1v) is 12.7. The smallest absolute Gasteiger partial charge is 0.159 e. The third kappa shape index (κ3) is 2.00. The highest BCUT2D eigenvalue weighted by atomic mass is 15.5. The van der Waals surface area contributed by atoms with Gasteiger partial charge >= 0.3 is 0 Å². The van der Waals surface area contributed by atoms with Crippen LogP contribution in [0.5, 0.6) is 0 Å². The summed E-state index contributed by atoms with van der Waals surface area (Å²) in [4.78, 5) is 3.03. The van der Waals surface area contributed by atoms with Crippen LogP contribution in [0, 0.1) is 35.5 Å². The Hall–Kier alpha value is -0.500. The fourth-order valence-electron chi connectivity index (χ4n) is 11.1. The molecule has 0 N–H and O–H groups in total. The molecular weight excluding hydrogens is 340 g/mol. The van der Waals surface area contributed by atoms with Crippen LogP contribution in [-0.4, -0.2) is 34.2 Å². The molecule has 0 aromatic rings. The van der Waals surface area contributed by atoms with Gasteiger partial charge in [0.2, 0.25) is 0 Å². The van der Waals surface area contributed by atoms with Crippen molar-refractivity contribution in [3.8, 4) is 0 Å². The standard InChI is InChI=1S/C26H41N2/c1-17-18(2)28(3,26-13-22-7-23(14-26)9-24(8-22)15-26)16-27(17)25-10-19-4-20(11-25)6-21(5-19)12-25/h19-24H,4-16H2,1-3H3/q+1. The van der Waals surface area contributed by atoms with E-state index in [4.69, 9.17) is 0 Å². The van der Waals surface area contributed by atoms with E-state index in [9.17, 15) is 0 Å². The monoisotopic (exact) mass is 381 g/mol. The number of allylic oxidation sites excluding steroid dienone is 2. The molecule has 1 unspecified atom stereocenters. The van der Waals surface area contributed by atoms with Crippen LogP contribution >= 0.6 is 0 Å². The quantitative estimate of drug-likeness (QED) is 0.539. The lowest BCUT2D eigenvalue weighted by atomic mass is 9.51. The van der Waals surface area contributed by atoms with Crippen molar-refractivity contribution in [2.24, 2.45) is 35.5 Å². The normalized spacial score (nSPS) is 59.0. The molecule has 28 heavy (non-hydrogen) atoms. The molecule has 0 aromatic heterocycles. The van der Waals surface area contributed by atoms with E-state index in [2.05, 4.69) is 25.8 Å². The number of rotatable bonds is 2. The average molecular weight is 382 g/mol. The highest BCUT2D eigenvalue weighted by Gasteiger charge is 2.65. The van der Waals surface area contributed by atoms with Crippen LogP contribution in [0.4, 0.5) is 0 Å². The topological polar surface area (TPSA) is 3.24 Å². The predicted molar refractivity (Wildman–Crippen MR) is 113 cm³/mol. The lowest BCUT2D eigenvalue weighted by Crippen LogP contribution is -2.69. The zero-order chi connectivity index (χ0) is 18.9. The Morgan fingerprint density at radius 1 is 0.679 bits per heavy atom. The highest BCUT2D eigenvalue weighted by Crippen LogP contribution is 2.64. The Morgan fingerprint density at radius 2 is 1.07 bits per heavy atom. The molecule has 1 aliphatic heterocycles. The van der Waals surface area contributed by atoms with Gasteiger partial charge in [-0.15, -0.1) is 0 Å². The predicted octanol–water partition coefficient (Wildman–Crippen LogP) is 5.90. The van der Waals surface area contributed by atoms with Crippen LogP contribution in [0.3, 0.4) is 0 Å². The Morgan fingerprint density at radius 3 is 1.50 bits per heavy atom. The van der Waals surface area contributed by atoms with Gasteiger partial charge in [0.25, 0.3) is 0 Å². The van der Waals surface area contributed by atoms with Gasteiger partial charge in [-0.1, -0.05) is 0 Å². The maximum atomic E-state index is 3.03. The van der Waals surface area contributed by atoms with E-state index in [0.717, 1.165) is 35.5 Å². The van der Waals surface area contributed by atoms with E-state index in [-0.39, 0.29) is 0 Å². The van der Waals surface area contributed by atoms with Crippen molar-refractivity contribution in [2.75, 3.05) is 13.7 Å². The first kappa shape index (κ1) is 17.2. The number of quaternary nitrogens is 1. The van der Waals surface area contributed by atoms with Crippen LogP contribution < -0.4 is 0 Å². The second-order valence-corrected chi connectivity index (χ2v) is 13.2. The van der Waals surface area contributed by atoms with Crippen molar-refractivity contribution in [3.63, 3.8) is 0 Å². The largest absolute Gasteiger partial charge is 0.318 e. The molecule has 2 nitrogen and oxygen atoms in total. The first-order valence-electron chi connectivity index (χ1n) is 12.7. The molecule has 0 spiro atoms. The SMILES string of the molecule is CC1=C(C)[N+](C)(C23CC4CC(CC(C4)C2)C3)CN1C12CC3CC(CC(C3)C1)C2. The summed E-state index contributed by atoms with van der Waals surface area (Å²) in [5.74, 6) is 6.34. The van der Waals surface area contributed by atoms with Crippen molar-refractivity contribution in [1.82, 2.24) is 4.90 Å². The van der Waals surface area contributed by atoms with Crippen LogP contribution in [-0.2, 0) is 0 Å². The summed E-state index contributed by atoms with van der Waals surface area (Å²) in [6.07, 6.45) is 18.6. The molecule has 1 atom stereocenters. The van der Waals surface area contributed by atoms with E-state index in [0.29, 0.717) is 11.1 Å². The second kappa shape index (κ2) is 5.21. The molecule has 1 heterocycles. The molecule has 0 saturated heterocycles. The second-order valence-electron chi connectivity index (χ2n) is 13.2. The zero-order valence-electron chi connectivity index (χ0n) is 18.6. The van der Waals surface area contributed by atoms with E-state index >= 15 is 0 Å². The maximum Gasteiger partial charge on any atom is 0.159 e. The fraction of sp³-hybridized carbons (Fsp3) is 0.923. The number of nitrogens with zero attached hydrogens (tertiary/aromatic N) is 2. The lowest BCUT2D eigenvalue weighted by molar-refractivity contribution is -0.933. The Balaban J connectivity index is 1.26. The summed E-state index contributed by atoms with van der Waals surface area (Å²) < 4.78 is 1.30. The molecule has 8 aliphatic carbocycles. The molecule has 9 rings (SSSR count). The van der Waals surface area contributed by atoms with Gasteiger partial charge in [0.1, 0.15) is 11.2 Å². The molecule has 9 aliphatic rings. The van der Waals surface area contributed by atoms with Gasteiger partial charge in [0.05, 0.1) is 12.7 Å². The highest BCUT2D eigenvalue weighted by molar-refractivity contribution is 5.19. The van der Waals surface area contributed by atoms with Gasteiger partial charge in [-0.05, 0) is 100 Å². The first-order chi connectivity index (χ1) is 13.4. The Bertz CT molecular complexity index is 677. The Kier molecular flexibility index (Phi) is 3.20. The molecule has 8 saturated carbocycles. The lowest BCUT2D eigenvalue weighted by Gasteiger charge is -2.63. The minimum absolute atomic E-state index is 0.540. The third-order valence-corrected chi connectivity index (χ3v) is 11.7. The van der Waals surface area contributed by atoms with Gasteiger partial charge in [-0.3, -0.25) is 4.48 Å². The molecule has 8 bridgehead atoms. The van der Waals surface area contributed by atoms with E-state index in [1.54, 1.807) is 49.9 Å². The minimum Gasteiger partial charge on any atom is -0.318 e. The average Bonchev–Trinajstić information content (AvgIpc) is 2.86. The molecule has 0 radical (unpaired) electrons. The van der Waals surface area contributed by atoms with Crippen molar-refractivity contribution in [1.29, 1.82) is 0 Å². The van der Waals surface area contributed by atoms with Crippen LogP contribution in [0.1, 0.15) is 90.9 Å². The Labute approximate surface area is 172 Å². The van der Waals surface area contributed by atoms with Gasteiger partial charge in [0, 0.05) is 31.7 Å². The third-order valence-electron chi connectivity index (χ3n) is 11.7. The summed E-state index contributed by atoms with van der Waals surface area (Å²) in [7, 11) is 2.67. The summed E-state index contributed by atoms with van der Waals surface area (Å²) in [5, 5.41) is 0. The molecule has 8 fully saturated rings. The van der Waals surface area contributed by atoms with E-state index in [1.807, 2.05) is 0 Å². The summed E-state index contributed by atoms with van der Waals surface area (Å²) in [5.41, 5.74) is 4.56. The van der Waals surface area contributed by atoms with Crippen LogP contribution in [0.25, 0.3) is 0 Å². The molecule has 0 amide bonds. The maximum absolute atomic E-state index is 3.03. The van der Waals surface area contributed by atoms with Gasteiger partial charge in [-0.25, -0.2) is 0 Å². The summed E-state index contributed by atoms with van der Waals surface area (Å²) >= 11 is 0. The molecule has 154 valence electrons. The fourth-order valence-corrected chi connectivity index (χ4v) is 11.1. The molecular formula is C26H41N2+. The van der Waals surface area contributed by atoms with E-state index in [1.165, 1.54) is 49.7 Å². The van der Waals surface area contributed by atoms with Gasteiger partial charge < -0.3 is 4.90 Å². The van der Waals surface area contributed by atoms with Crippen molar-refractivity contribution in [2.45, 2.75) is 102 Å². The van der Waals surface area contributed by atoms with Crippen molar-refractivity contribution >= 4 is 0 Å². The minimum atomic E-state index is 0.540. The molecule has 2 heteroatoms. The number of hydrogen-bond acceptors (Lipinski definition) is 1. The zero-order valence-corrected chi connectivity index (χ0v) is 18.6. The van der Waals surface area contributed by atoms with Crippen LogP contribution in [0.15, 0.2) is 11.4 Å². The number of hydrogen-bond donors (Lipinski definition) is 0. The summed E-state index contributed by atoms with van der Waals surface area (Å²) in [6, 6.07) is 0. The van der Waals surface area contributed by atoms with Crippen molar-refractivity contribution in [3.05, 3.63) is 11.4 Å².